The van der Waals surface area contributed by atoms with Crippen molar-refractivity contribution >= 4 is 11.6 Å². The molecule has 1 aliphatic rings. The van der Waals surface area contributed by atoms with Crippen molar-refractivity contribution in [2.75, 3.05) is 13.7 Å². The van der Waals surface area contributed by atoms with Crippen LogP contribution in [0.3, 0.4) is 0 Å². The average Bonchev–Trinajstić information content (AvgIpc) is 2.65. The summed E-state index contributed by atoms with van der Waals surface area (Å²) in [6, 6.07) is 5.87. The molecule has 1 aliphatic carbocycles. The van der Waals surface area contributed by atoms with Crippen molar-refractivity contribution in [3.8, 4) is 5.75 Å². The van der Waals surface area contributed by atoms with Gasteiger partial charge in [0.25, 0.3) is 0 Å². The second-order valence-corrected chi connectivity index (χ2v) is 6.19. The molecule has 0 spiro atoms. The van der Waals surface area contributed by atoms with E-state index in [2.05, 4.69) is 0 Å². The summed E-state index contributed by atoms with van der Waals surface area (Å²) in [6.45, 7) is 0.753. The van der Waals surface area contributed by atoms with Crippen LogP contribution in [0.15, 0.2) is 18.2 Å². The molecule has 2 rings (SSSR count). The number of rotatable bonds is 4. The van der Waals surface area contributed by atoms with Crippen LogP contribution >= 0.6 is 11.6 Å². The lowest BCUT2D eigenvalue weighted by Crippen LogP contribution is -2.32. The Morgan fingerprint density at radius 1 is 1.21 bits per heavy atom. The first-order chi connectivity index (χ1) is 9.19. The molecule has 1 aromatic carbocycles. The van der Waals surface area contributed by atoms with Gasteiger partial charge in [0, 0.05) is 5.02 Å². The van der Waals surface area contributed by atoms with Crippen molar-refractivity contribution in [3.05, 3.63) is 28.8 Å². The van der Waals surface area contributed by atoms with Gasteiger partial charge in [-0.05, 0) is 55.0 Å². The van der Waals surface area contributed by atoms with Crippen molar-refractivity contribution in [3.63, 3.8) is 0 Å². The van der Waals surface area contributed by atoms with Crippen molar-refractivity contribution in [1.82, 2.24) is 0 Å². The highest BCUT2D eigenvalue weighted by atomic mass is 35.5. The number of benzene rings is 1. The minimum Gasteiger partial charge on any atom is -0.496 e. The molecule has 3 heteroatoms. The number of halogens is 1. The zero-order valence-electron chi connectivity index (χ0n) is 11.8. The highest BCUT2D eigenvalue weighted by Gasteiger charge is 2.30. The lowest BCUT2D eigenvalue weighted by molar-refractivity contribution is 0.249. The summed E-state index contributed by atoms with van der Waals surface area (Å²) >= 11 is 6.13. The van der Waals surface area contributed by atoms with Gasteiger partial charge in [-0.15, -0.1) is 0 Å². The van der Waals surface area contributed by atoms with E-state index in [1.54, 1.807) is 7.11 Å². The summed E-state index contributed by atoms with van der Waals surface area (Å²) in [6.07, 6.45) is 8.69. The number of hydrogen-bond acceptors (Lipinski definition) is 2. The highest BCUT2D eigenvalue weighted by Crippen LogP contribution is 2.39. The highest BCUT2D eigenvalue weighted by molar-refractivity contribution is 6.30. The maximum absolute atomic E-state index is 6.13. The van der Waals surface area contributed by atoms with E-state index in [4.69, 9.17) is 22.1 Å². The molecular formula is C16H24ClNO. The number of hydrogen-bond donors (Lipinski definition) is 1. The van der Waals surface area contributed by atoms with Crippen LogP contribution in [0, 0.1) is 5.41 Å². The summed E-state index contributed by atoms with van der Waals surface area (Å²) in [5, 5.41) is 0.775. The average molecular weight is 282 g/mol. The van der Waals surface area contributed by atoms with Crippen LogP contribution in [-0.2, 0) is 6.42 Å². The molecule has 0 amide bonds. The zero-order chi connectivity index (χ0) is 13.7. The van der Waals surface area contributed by atoms with Crippen molar-refractivity contribution in [2.24, 2.45) is 11.1 Å². The minimum atomic E-state index is 0.231. The summed E-state index contributed by atoms with van der Waals surface area (Å²) < 4.78 is 5.46. The molecule has 0 radical (unpaired) electrons. The quantitative estimate of drug-likeness (QED) is 0.840. The van der Waals surface area contributed by atoms with E-state index in [0.29, 0.717) is 0 Å². The third-order valence-electron chi connectivity index (χ3n) is 4.41. The lowest BCUT2D eigenvalue weighted by Gasteiger charge is -2.32. The maximum Gasteiger partial charge on any atom is 0.122 e. The molecule has 2 nitrogen and oxygen atoms in total. The van der Waals surface area contributed by atoms with Crippen LogP contribution in [0.2, 0.25) is 5.02 Å². The van der Waals surface area contributed by atoms with E-state index in [0.717, 1.165) is 23.7 Å². The van der Waals surface area contributed by atoms with E-state index in [9.17, 15) is 0 Å². The first kappa shape index (κ1) is 14.7. The van der Waals surface area contributed by atoms with Gasteiger partial charge in [0.15, 0.2) is 0 Å². The Bertz CT molecular complexity index is 411. The van der Waals surface area contributed by atoms with E-state index in [1.165, 1.54) is 44.1 Å². The monoisotopic (exact) mass is 281 g/mol. The number of nitrogens with two attached hydrogens (primary N) is 1. The Kier molecular flexibility index (Phi) is 5.12. The zero-order valence-corrected chi connectivity index (χ0v) is 12.5. The summed E-state index contributed by atoms with van der Waals surface area (Å²) in [7, 11) is 1.72. The van der Waals surface area contributed by atoms with Crippen molar-refractivity contribution in [2.45, 2.75) is 44.9 Å². The Morgan fingerprint density at radius 3 is 2.47 bits per heavy atom. The molecule has 106 valence electrons. The molecule has 0 aromatic heterocycles. The van der Waals surface area contributed by atoms with Gasteiger partial charge in [-0.1, -0.05) is 37.3 Å². The Hall–Kier alpha value is -0.730. The van der Waals surface area contributed by atoms with E-state index >= 15 is 0 Å². The van der Waals surface area contributed by atoms with E-state index in [-0.39, 0.29) is 5.41 Å². The molecular weight excluding hydrogens is 258 g/mol. The Morgan fingerprint density at radius 2 is 1.89 bits per heavy atom. The summed E-state index contributed by atoms with van der Waals surface area (Å²) in [5.74, 6) is 0.932. The fourth-order valence-corrected chi connectivity index (χ4v) is 3.42. The summed E-state index contributed by atoms with van der Waals surface area (Å²) in [5.41, 5.74) is 7.54. The third-order valence-corrected chi connectivity index (χ3v) is 4.64. The van der Waals surface area contributed by atoms with Crippen LogP contribution in [0.1, 0.15) is 44.1 Å². The lowest BCUT2D eigenvalue weighted by atomic mass is 9.75. The van der Waals surface area contributed by atoms with Gasteiger partial charge in [-0.3, -0.25) is 0 Å². The number of ether oxygens (including phenoxy) is 1. The molecule has 1 aromatic rings. The second kappa shape index (κ2) is 6.62. The van der Waals surface area contributed by atoms with Crippen LogP contribution in [0.25, 0.3) is 0 Å². The standard InChI is InChI=1S/C16H24ClNO/c1-19-15-7-6-14(17)10-13(15)11-16(12-18)8-4-2-3-5-9-16/h6-7,10H,2-5,8-9,11-12,18H2,1H3. The molecule has 1 fully saturated rings. The van der Waals surface area contributed by atoms with Crippen molar-refractivity contribution < 1.29 is 4.74 Å². The topological polar surface area (TPSA) is 35.2 Å². The van der Waals surface area contributed by atoms with Gasteiger partial charge in [-0.2, -0.15) is 0 Å². The third kappa shape index (κ3) is 3.64. The molecule has 19 heavy (non-hydrogen) atoms. The predicted octanol–water partition coefficient (Wildman–Crippen LogP) is 4.19. The Labute approximate surface area is 121 Å². The Balaban J connectivity index is 2.23. The molecule has 1 saturated carbocycles. The van der Waals surface area contributed by atoms with Gasteiger partial charge in [0.2, 0.25) is 0 Å². The largest absolute Gasteiger partial charge is 0.496 e. The molecule has 2 N–H and O–H groups in total. The van der Waals surface area contributed by atoms with Crippen LogP contribution in [-0.4, -0.2) is 13.7 Å². The maximum atomic E-state index is 6.13. The molecule has 0 saturated heterocycles. The van der Waals surface area contributed by atoms with Crippen LogP contribution in [0.5, 0.6) is 5.75 Å². The SMILES string of the molecule is COc1ccc(Cl)cc1CC1(CN)CCCCCC1. The fraction of sp³-hybridized carbons (Fsp3) is 0.625. The van der Waals surface area contributed by atoms with Crippen molar-refractivity contribution in [1.29, 1.82) is 0 Å². The number of methoxy groups -OCH3 is 1. The van der Waals surface area contributed by atoms with Crippen LogP contribution < -0.4 is 10.5 Å². The second-order valence-electron chi connectivity index (χ2n) is 5.75. The normalized spacial score (nSPS) is 18.9. The van der Waals surface area contributed by atoms with E-state index < -0.39 is 0 Å². The van der Waals surface area contributed by atoms with Gasteiger partial charge in [-0.25, -0.2) is 0 Å². The van der Waals surface area contributed by atoms with Gasteiger partial charge in [0.1, 0.15) is 5.75 Å². The first-order valence-electron chi connectivity index (χ1n) is 7.22. The minimum absolute atomic E-state index is 0.231. The first-order valence-corrected chi connectivity index (χ1v) is 7.59. The molecule has 0 atom stereocenters. The molecule has 0 aliphatic heterocycles. The fourth-order valence-electron chi connectivity index (χ4n) is 3.22. The predicted molar refractivity (Wildman–Crippen MR) is 80.9 cm³/mol. The molecule has 0 heterocycles. The van der Waals surface area contributed by atoms with Gasteiger partial charge < -0.3 is 10.5 Å². The molecule has 0 bridgehead atoms. The smallest absolute Gasteiger partial charge is 0.122 e. The summed E-state index contributed by atoms with van der Waals surface area (Å²) in [4.78, 5) is 0. The van der Waals surface area contributed by atoms with E-state index in [1.807, 2.05) is 18.2 Å². The van der Waals surface area contributed by atoms with Gasteiger partial charge in [0.05, 0.1) is 7.11 Å². The molecule has 0 unspecified atom stereocenters. The van der Waals surface area contributed by atoms with Crippen LogP contribution in [0.4, 0.5) is 0 Å². The van der Waals surface area contributed by atoms with Gasteiger partial charge >= 0.3 is 0 Å².